The summed E-state index contributed by atoms with van der Waals surface area (Å²) in [5, 5.41) is 3.50. The highest BCUT2D eigenvalue weighted by Gasteiger charge is 2.23. The van der Waals surface area contributed by atoms with Crippen molar-refractivity contribution < 1.29 is 0 Å². The lowest BCUT2D eigenvalue weighted by Gasteiger charge is -2.32. The van der Waals surface area contributed by atoms with Crippen molar-refractivity contribution in [2.24, 2.45) is 17.8 Å². The summed E-state index contributed by atoms with van der Waals surface area (Å²) in [6.07, 6.45) is 4.18. The minimum absolute atomic E-state index is 0.861. The molecule has 2 unspecified atom stereocenters. The first-order valence-corrected chi connectivity index (χ1v) is 5.46. The molecule has 0 aromatic rings. The average Bonchev–Trinajstić information content (AvgIpc) is 2.07. The van der Waals surface area contributed by atoms with Crippen LogP contribution in [0.3, 0.4) is 0 Å². The van der Waals surface area contributed by atoms with Crippen LogP contribution in [0.2, 0.25) is 0 Å². The zero-order valence-corrected chi connectivity index (χ0v) is 8.77. The first-order valence-electron chi connectivity index (χ1n) is 5.46. The summed E-state index contributed by atoms with van der Waals surface area (Å²) in [5.74, 6) is 2.75. The lowest BCUT2D eigenvalue weighted by molar-refractivity contribution is 0.203. The van der Waals surface area contributed by atoms with Crippen LogP contribution in [0.15, 0.2) is 0 Å². The van der Waals surface area contributed by atoms with E-state index in [4.69, 9.17) is 0 Å². The van der Waals surface area contributed by atoms with Crippen molar-refractivity contribution in [2.75, 3.05) is 13.1 Å². The van der Waals surface area contributed by atoms with Crippen LogP contribution in [-0.4, -0.2) is 13.1 Å². The van der Waals surface area contributed by atoms with E-state index in [1.165, 1.54) is 32.4 Å². The quantitative estimate of drug-likeness (QED) is 0.685. The molecule has 72 valence electrons. The summed E-state index contributed by atoms with van der Waals surface area (Å²) in [4.78, 5) is 0. The molecule has 12 heavy (non-hydrogen) atoms. The molecule has 1 heterocycles. The van der Waals surface area contributed by atoms with Crippen LogP contribution in [0.4, 0.5) is 0 Å². The van der Waals surface area contributed by atoms with Gasteiger partial charge in [-0.15, -0.1) is 0 Å². The van der Waals surface area contributed by atoms with Gasteiger partial charge in [0.05, 0.1) is 0 Å². The van der Waals surface area contributed by atoms with Crippen molar-refractivity contribution >= 4 is 0 Å². The largest absolute Gasteiger partial charge is 0.316 e. The Hall–Kier alpha value is -0.0400. The Morgan fingerprint density at radius 2 is 2.17 bits per heavy atom. The molecule has 0 aromatic heterocycles. The van der Waals surface area contributed by atoms with Gasteiger partial charge >= 0.3 is 0 Å². The van der Waals surface area contributed by atoms with Crippen molar-refractivity contribution in [3.05, 3.63) is 0 Å². The monoisotopic (exact) mass is 169 g/mol. The van der Waals surface area contributed by atoms with Crippen LogP contribution in [-0.2, 0) is 0 Å². The highest BCUT2D eigenvalue weighted by molar-refractivity contribution is 4.77. The minimum Gasteiger partial charge on any atom is -0.316 e. The lowest BCUT2D eigenvalue weighted by Crippen LogP contribution is -2.35. The molecule has 1 heteroatoms. The minimum atomic E-state index is 0.861. The number of hydrogen-bond donors (Lipinski definition) is 1. The maximum atomic E-state index is 3.50. The Kier molecular flexibility index (Phi) is 4.07. The summed E-state index contributed by atoms with van der Waals surface area (Å²) < 4.78 is 0. The van der Waals surface area contributed by atoms with Gasteiger partial charge < -0.3 is 5.32 Å². The van der Waals surface area contributed by atoms with E-state index in [1.54, 1.807) is 0 Å². The fourth-order valence-corrected chi connectivity index (χ4v) is 2.59. The molecule has 0 bridgehead atoms. The third-order valence-corrected chi connectivity index (χ3v) is 3.27. The van der Waals surface area contributed by atoms with Gasteiger partial charge in [-0.25, -0.2) is 0 Å². The SMILES string of the molecule is CCC(C(C)C)C1CCCNC1. The number of nitrogens with one attached hydrogen (secondary N) is 1. The normalized spacial score (nSPS) is 27.5. The summed E-state index contributed by atoms with van der Waals surface area (Å²) in [6.45, 7) is 9.56. The standard InChI is InChI=1S/C11H23N/c1-4-11(9(2)3)10-6-5-7-12-8-10/h9-12H,4-8H2,1-3H3. The molecular formula is C11H23N. The summed E-state index contributed by atoms with van der Waals surface area (Å²) in [5.41, 5.74) is 0. The van der Waals surface area contributed by atoms with E-state index < -0.39 is 0 Å². The topological polar surface area (TPSA) is 12.0 Å². The molecule has 0 radical (unpaired) electrons. The summed E-state index contributed by atoms with van der Waals surface area (Å²) in [6, 6.07) is 0. The van der Waals surface area contributed by atoms with E-state index in [1.807, 2.05) is 0 Å². The maximum absolute atomic E-state index is 3.50. The second-order valence-electron chi connectivity index (χ2n) is 4.42. The van der Waals surface area contributed by atoms with Crippen LogP contribution in [0, 0.1) is 17.8 Å². The summed E-state index contributed by atoms with van der Waals surface area (Å²) in [7, 11) is 0. The summed E-state index contributed by atoms with van der Waals surface area (Å²) >= 11 is 0. The second-order valence-corrected chi connectivity index (χ2v) is 4.42. The van der Waals surface area contributed by atoms with E-state index in [2.05, 4.69) is 26.1 Å². The van der Waals surface area contributed by atoms with Crippen LogP contribution in [0.5, 0.6) is 0 Å². The molecule has 1 aliphatic heterocycles. The first-order chi connectivity index (χ1) is 5.75. The van der Waals surface area contributed by atoms with E-state index in [0.717, 1.165) is 17.8 Å². The first kappa shape index (κ1) is 10.0. The van der Waals surface area contributed by atoms with Crippen molar-refractivity contribution in [1.82, 2.24) is 5.32 Å². The molecule has 0 amide bonds. The Balaban J connectivity index is 2.40. The zero-order valence-electron chi connectivity index (χ0n) is 8.77. The Morgan fingerprint density at radius 1 is 1.42 bits per heavy atom. The van der Waals surface area contributed by atoms with E-state index in [-0.39, 0.29) is 0 Å². The van der Waals surface area contributed by atoms with Gasteiger partial charge in [-0.3, -0.25) is 0 Å². The molecule has 1 fully saturated rings. The van der Waals surface area contributed by atoms with E-state index in [9.17, 15) is 0 Å². The van der Waals surface area contributed by atoms with Crippen molar-refractivity contribution in [1.29, 1.82) is 0 Å². The Morgan fingerprint density at radius 3 is 2.58 bits per heavy atom. The average molecular weight is 169 g/mol. The van der Waals surface area contributed by atoms with Gasteiger partial charge in [-0.2, -0.15) is 0 Å². The molecular weight excluding hydrogens is 146 g/mol. The molecule has 0 aromatic carbocycles. The van der Waals surface area contributed by atoms with Gasteiger partial charge in [-0.05, 0) is 43.7 Å². The number of hydrogen-bond acceptors (Lipinski definition) is 1. The smallest absolute Gasteiger partial charge is 0.00178 e. The van der Waals surface area contributed by atoms with Gasteiger partial charge in [0, 0.05) is 0 Å². The molecule has 1 aliphatic rings. The maximum Gasteiger partial charge on any atom is -0.00178 e. The molecule has 1 nitrogen and oxygen atoms in total. The fourth-order valence-electron chi connectivity index (χ4n) is 2.59. The molecule has 0 saturated carbocycles. The molecule has 1 saturated heterocycles. The van der Waals surface area contributed by atoms with Crippen molar-refractivity contribution in [3.8, 4) is 0 Å². The van der Waals surface area contributed by atoms with Crippen LogP contribution in [0.1, 0.15) is 40.0 Å². The molecule has 1 rings (SSSR count). The van der Waals surface area contributed by atoms with Crippen LogP contribution >= 0.6 is 0 Å². The fraction of sp³-hybridized carbons (Fsp3) is 1.00. The van der Waals surface area contributed by atoms with Crippen molar-refractivity contribution in [2.45, 2.75) is 40.0 Å². The molecule has 1 N–H and O–H groups in total. The van der Waals surface area contributed by atoms with Gasteiger partial charge in [0.15, 0.2) is 0 Å². The van der Waals surface area contributed by atoms with Crippen LogP contribution in [0.25, 0.3) is 0 Å². The third kappa shape index (κ3) is 2.48. The second kappa shape index (κ2) is 4.86. The van der Waals surface area contributed by atoms with Gasteiger partial charge in [0.25, 0.3) is 0 Å². The molecule has 0 aliphatic carbocycles. The van der Waals surface area contributed by atoms with Gasteiger partial charge in [-0.1, -0.05) is 27.2 Å². The number of piperidine rings is 1. The van der Waals surface area contributed by atoms with Crippen LogP contribution < -0.4 is 5.32 Å². The molecule has 0 spiro atoms. The van der Waals surface area contributed by atoms with Gasteiger partial charge in [0.2, 0.25) is 0 Å². The predicted octanol–water partition coefficient (Wildman–Crippen LogP) is 2.67. The third-order valence-electron chi connectivity index (χ3n) is 3.27. The van der Waals surface area contributed by atoms with E-state index in [0.29, 0.717) is 0 Å². The van der Waals surface area contributed by atoms with Crippen molar-refractivity contribution in [3.63, 3.8) is 0 Å². The lowest BCUT2D eigenvalue weighted by atomic mass is 9.78. The Labute approximate surface area is 76.9 Å². The number of rotatable bonds is 3. The molecule has 2 atom stereocenters. The highest BCUT2D eigenvalue weighted by atomic mass is 14.9. The highest BCUT2D eigenvalue weighted by Crippen LogP contribution is 2.28. The van der Waals surface area contributed by atoms with E-state index >= 15 is 0 Å². The Bertz CT molecular complexity index is 114. The zero-order chi connectivity index (χ0) is 8.97. The predicted molar refractivity (Wildman–Crippen MR) is 54.2 cm³/mol. The van der Waals surface area contributed by atoms with Gasteiger partial charge in [0.1, 0.15) is 0 Å².